The van der Waals surface area contributed by atoms with Crippen molar-refractivity contribution < 1.29 is 19.0 Å². The fourth-order valence-corrected chi connectivity index (χ4v) is 4.52. The summed E-state index contributed by atoms with van der Waals surface area (Å²) in [6.45, 7) is 13.5. The van der Waals surface area contributed by atoms with Crippen LogP contribution in [0.15, 0.2) is 11.8 Å². The van der Waals surface area contributed by atoms with E-state index in [4.69, 9.17) is 14.2 Å². The van der Waals surface area contributed by atoms with E-state index in [2.05, 4.69) is 38.4 Å². The van der Waals surface area contributed by atoms with Crippen LogP contribution in [-0.2, 0) is 19.0 Å². The second-order valence-corrected chi connectivity index (χ2v) is 14.0. The van der Waals surface area contributed by atoms with Crippen LogP contribution >= 0.6 is 0 Å². The Kier molecular flexibility index (Phi) is 9.34. The number of carbonyl (C=O) groups is 1. The van der Waals surface area contributed by atoms with Crippen LogP contribution < -0.4 is 0 Å². The number of rotatable bonds is 11. The van der Waals surface area contributed by atoms with Gasteiger partial charge in [-0.15, -0.1) is 0 Å². The predicted molar refractivity (Wildman–Crippen MR) is 109 cm³/mol. The van der Waals surface area contributed by atoms with Crippen molar-refractivity contribution >= 4 is 14.0 Å². The van der Waals surface area contributed by atoms with Gasteiger partial charge in [0, 0.05) is 40.1 Å². The highest BCUT2D eigenvalue weighted by molar-refractivity contribution is 6.76. The normalized spacial score (nSPS) is 19.1. The highest BCUT2D eigenvalue weighted by Gasteiger charge is 2.42. The molecule has 1 rings (SSSR count). The van der Waals surface area contributed by atoms with E-state index in [0.717, 1.165) is 50.6 Å². The molecule has 0 aromatic heterocycles. The summed E-state index contributed by atoms with van der Waals surface area (Å²) in [7, 11) is 2.09. The Morgan fingerprint density at radius 2 is 1.88 bits per heavy atom. The van der Waals surface area contributed by atoms with Gasteiger partial charge >= 0.3 is 5.97 Å². The van der Waals surface area contributed by atoms with Gasteiger partial charge < -0.3 is 19.1 Å². The number of hydrogen-bond acceptors (Lipinski definition) is 5. The Balaban J connectivity index is 2.94. The summed E-state index contributed by atoms with van der Waals surface area (Å²) < 4.78 is 16.8. The van der Waals surface area contributed by atoms with Crippen LogP contribution in [0.1, 0.15) is 39.5 Å². The number of nitrogens with zero attached hydrogens (tertiary/aromatic N) is 1. The van der Waals surface area contributed by atoms with E-state index in [0.29, 0.717) is 6.61 Å². The third-order valence-electron chi connectivity index (χ3n) is 5.56. The van der Waals surface area contributed by atoms with Crippen LogP contribution in [0, 0.1) is 0 Å². The molecule has 1 heterocycles. The smallest absolute Gasteiger partial charge is 0.332 e. The molecule has 0 N–H and O–H groups in total. The molecule has 1 aliphatic heterocycles. The van der Waals surface area contributed by atoms with E-state index in [-0.39, 0.29) is 17.6 Å². The monoisotopic (exact) mass is 385 g/mol. The van der Waals surface area contributed by atoms with E-state index in [1.54, 1.807) is 13.2 Å². The fraction of sp³-hybridized carbons (Fsp3) is 0.850. The maximum atomic E-state index is 11.9. The van der Waals surface area contributed by atoms with Crippen LogP contribution in [0.3, 0.4) is 0 Å². The Labute approximate surface area is 161 Å². The molecule has 1 aliphatic rings. The molecule has 0 aromatic rings. The zero-order valence-corrected chi connectivity index (χ0v) is 18.9. The van der Waals surface area contributed by atoms with Gasteiger partial charge in [-0.3, -0.25) is 0 Å². The van der Waals surface area contributed by atoms with Gasteiger partial charge in [0.1, 0.15) is 0 Å². The minimum Gasteiger partial charge on any atom is -0.466 e. The first-order chi connectivity index (χ1) is 12.2. The minimum atomic E-state index is -1.13. The minimum absolute atomic E-state index is 0.190. The van der Waals surface area contributed by atoms with Crippen molar-refractivity contribution in [2.24, 2.45) is 0 Å². The molecule has 0 unspecified atom stereocenters. The number of hydrogen-bond donors (Lipinski definition) is 0. The summed E-state index contributed by atoms with van der Waals surface area (Å²) in [4.78, 5) is 14.3. The summed E-state index contributed by atoms with van der Waals surface area (Å²) in [5, 5.41) is 0. The summed E-state index contributed by atoms with van der Waals surface area (Å²) >= 11 is 0. The second-order valence-electron chi connectivity index (χ2n) is 8.35. The number of likely N-dealkylation sites (tertiary alicyclic amines) is 1. The molecule has 1 fully saturated rings. The van der Waals surface area contributed by atoms with E-state index in [1.807, 2.05) is 0 Å². The molecule has 0 aromatic carbocycles. The lowest BCUT2D eigenvalue weighted by atomic mass is 9.86. The third kappa shape index (κ3) is 6.39. The standard InChI is InChI=1S/C20H39NO4Si/c1-8-20(9-2,24-4)18-11-10-12-21(18)17(15-19(22)23-3)16-25-13-14-26(5,6)7/h15,18H,8-14,16H2,1-7H3/b17-15+/t18-/m0/s1. The molecule has 0 spiro atoms. The molecule has 0 saturated carbocycles. The third-order valence-corrected chi connectivity index (χ3v) is 7.27. The van der Waals surface area contributed by atoms with E-state index >= 15 is 0 Å². The highest BCUT2D eigenvalue weighted by Crippen LogP contribution is 2.36. The summed E-state index contributed by atoms with van der Waals surface area (Å²) in [5.41, 5.74) is 0.725. The zero-order valence-electron chi connectivity index (χ0n) is 17.9. The van der Waals surface area contributed by atoms with Crippen molar-refractivity contribution in [3.63, 3.8) is 0 Å². The lowest BCUT2D eigenvalue weighted by molar-refractivity contribution is -0.135. The van der Waals surface area contributed by atoms with Gasteiger partial charge in [-0.2, -0.15) is 0 Å². The van der Waals surface area contributed by atoms with E-state index < -0.39 is 8.07 Å². The van der Waals surface area contributed by atoms with Crippen molar-refractivity contribution in [2.75, 3.05) is 34.0 Å². The first-order valence-electron chi connectivity index (χ1n) is 9.91. The fourth-order valence-electron chi connectivity index (χ4n) is 3.76. The number of carbonyl (C=O) groups excluding carboxylic acids is 1. The van der Waals surface area contributed by atoms with Crippen molar-refractivity contribution in [3.05, 3.63) is 11.8 Å². The molecule has 152 valence electrons. The summed E-state index contributed by atoms with van der Waals surface area (Å²) in [6, 6.07) is 1.38. The number of ether oxygens (including phenoxy) is 3. The first kappa shape index (κ1) is 23.2. The molecule has 26 heavy (non-hydrogen) atoms. The molecule has 0 aliphatic carbocycles. The Bertz CT molecular complexity index is 461. The van der Waals surface area contributed by atoms with E-state index in [9.17, 15) is 4.79 Å². The van der Waals surface area contributed by atoms with Crippen LogP contribution in [0.25, 0.3) is 0 Å². The lowest BCUT2D eigenvalue weighted by Gasteiger charge is -2.43. The Morgan fingerprint density at radius 3 is 2.38 bits per heavy atom. The van der Waals surface area contributed by atoms with Gasteiger partial charge in [-0.05, 0) is 31.7 Å². The van der Waals surface area contributed by atoms with Crippen LogP contribution in [0.5, 0.6) is 0 Å². The maximum Gasteiger partial charge on any atom is 0.332 e. The second kappa shape index (κ2) is 10.5. The predicted octanol–water partition coefficient (Wildman–Crippen LogP) is 4.07. The van der Waals surface area contributed by atoms with Gasteiger partial charge in [-0.1, -0.05) is 33.5 Å². The summed E-state index contributed by atoms with van der Waals surface area (Å²) in [6.07, 6.45) is 5.66. The van der Waals surface area contributed by atoms with Crippen molar-refractivity contribution in [1.82, 2.24) is 4.90 Å². The van der Waals surface area contributed by atoms with Crippen LogP contribution in [0.2, 0.25) is 25.7 Å². The molecule has 1 atom stereocenters. The van der Waals surface area contributed by atoms with Crippen LogP contribution in [-0.4, -0.2) is 64.6 Å². The van der Waals surface area contributed by atoms with Crippen molar-refractivity contribution in [2.45, 2.75) is 76.9 Å². The molecule has 6 heteroatoms. The molecular weight excluding hydrogens is 346 g/mol. The average molecular weight is 386 g/mol. The summed E-state index contributed by atoms with van der Waals surface area (Å²) in [5.74, 6) is -0.324. The van der Waals surface area contributed by atoms with Gasteiger partial charge in [0.05, 0.1) is 25.4 Å². The zero-order chi connectivity index (χ0) is 19.8. The molecular formula is C20H39NO4Si. The molecule has 0 radical (unpaired) electrons. The van der Waals surface area contributed by atoms with Crippen molar-refractivity contribution in [3.8, 4) is 0 Å². The largest absolute Gasteiger partial charge is 0.466 e. The SMILES string of the molecule is CCC(CC)(OC)[C@@H]1CCCN1/C(=C/C(=O)OC)COCC[Si](C)(C)C. The average Bonchev–Trinajstić information content (AvgIpc) is 3.09. The molecule has 5 nitrogen and oxygen atoms in total. The highest BCUT2D eigenvalue weighted by atomic mass is 28.3. The first-order valence-corrected chi connectivity index (χ1v) is 13.6. The van der Waals surface area contributed by atoms with Gasteiger partial charge in [0.15, 0.2) is 0 Å². The molecule has 0 bridgehead atoms. The van der Waals surface area contributed by atoms with E-state index in [1.165, 1.54) is 7.11 Å². The number of methoxy groups -OCH3 is 2. The van der Waals surface area contributed by atoms with Crippen molar-refractivity contribution in [1.29, 1.82) is 0 Å². The topological polar surface area (TPSA) is 48.0 Å². The van der Waals surface area contributed by atoms with Gasteiger partial charge in [0.25, 0.3) is 0 Å². The number of esters is 1. The van der Waals surface area contributed by atoms with Gasteiger partial charge in [-0.25, -0.2) is 4.79 Å². The van der Waals surface area contributed by atoms with Crippen LogP contribution in [0.4, 0.5) is 0 Å². The quantitative estimate of drug-likeness (QED) is 0.232. The Hall–Kier alpha value is -0.853. The molecule has 0 amide bonds. The lowest BCUT2D eigenvalue weighted by Crippen LogP contribution is -2.50. The molecule has 1 saturated heterocycles. The van der Waals surface area contributed by atoms with Gasteiger partial charge in [0.2, 0.25) is 0 Å². The maximum absolute atomic E-state index is 11.9. The Morgan fingerprint density at radius 1 is 1.23 bits per heavy atom.